The largest absolute Gasteiger partial charge is 0.484 e. The number of amides is 1. The molecule has 0 bridgehead atoms. The Morgan fingerprint density at radius 1 is 1.18 bits per heavy atom. The van der Waals surface area contributed by atoms with Crippen molar-refractivity contribution in [2.75, 3.05) is 19.7 Å². The Labute approximate surface area is 167 Å². The van der Waals surface area contributed by atoms with E-state index in [1.54, 1.807) is 46.1 Å². The van der Waals surface area contributed by atoms with Crippen molar-refractivity contribution in [2.24, 2.45) is 0 Å². The second kappa shape index (κ2) is 8.02. The highest BCUT2D eigenvalue weighted by atomic mass is 35.5. The number of ether oxygens (including phenoxy) is 1. The SMILES string of the molecule is O=C(COc1ccc(Cl)cc1)N1CCCC(n2cnc3ccccc3c2=O)C1. The number of carbonyl (C=O) groups excluding carboxylic acids is 1. The van der Waals surface area contributed by atoms with Gasteiger partial charge in [0.15, 0.2) is 6.61 Å². The molecule has 0 saturated carbocycles. The van der Waals surface area contributed by atoms with Gasteiger partial charge in [-0.2, -0.15) is 0 Å². The van der Waals surface area contributed by atoms with E-state index in [1.807, 2.05) is 18.2 Å². The van der Waals surface area contributed by atoms with E-state index in [2.05, 4.69) is 4.98 Å². The van der Waals surface area contributed by atoms with Crippen molar-refractivity contribution in [3.05, 3.63) is 70.2 Å². The summed E-state index contributed by atoms with van der Waals surface area (Å²) in [6.45, 7) is 1.09. The molecule has 1 saturated heterocycles. The molecule has 1 atom stereocenters. The first-order valence-corrected chi connectivity index (χ1v) is 9.61. The predicted molar refractivity (Wildman–Crippen MR) is 108 cm³/mol. The topological polar surface area (TPSA) is 64.4 Å². The van der Waals surface area contributed by atoms with Crippen LogP contribution in [-0.2, 0) is 4.79 Å². The number of carbonyl (C=O) groups is 1. The van der Waals surface area contributed by atoms with E-state index < -0.39 is 0 Å². The van der Waals surface area contributed by atoms with E-state index in [0.717, 1.165) is 12.8 Å². The highest BCUT2D eigenvalue weighted by molar-refractivity contribution is 6.30. The van der Waals surface area contributed by atoms with Gasteiger partial charge in [0, 0.05) is 18.1 Å². The predicted octanol–water partition coefficient (Wildman–Crippen LogP) is 3.29. The normalized spacial score (nSPS) is 16.9. The summed E-state index contributed by atoms with van der Waals surface area (Å²) in [7, 11) is 0. The number of hydrogen-bond acceptors (Lipinski definition) is 4. The van der Waals surface area contributed by atoms with Gasteiger partial charge < -0.3 is 9.64 Å². The molecule has 3 aromatic rings. The fraction of sp³-hybridized carbons (Fsp3) is 0.286. The monoisotopic (exact) mass is 397 g/mol. The van der Waals surface area contributed by atoms with Crippen LogP contribution in [0.1, 0.15) is 18.9 Å². The van der Waals surface area contributed by atoms with E-state index in [-0.39, 0.29) is 24.1 Å². The number of fused-ring (bicyclic) bond motifs is 1. The van der Waals surface area contributed by atoms with Gasteiger partial charge in [-0.1, -0.05) is 23.7 Å². The lowest BCUT2D eigenvalue weighted by Gasteiger charge is -2.33. The number of rotatable bonds is 4. The van der Waals surface area contributed by atoms with E-state index in [9.17, 15) is 9.59 Å². The van der Waals surface area contributed by atoms with Gasteiger partial charge in [-0.05, 0) is 49.2 Å². The van der Waals surface area contributed by atoms with Crippen molar-refractivity contribution in [3.8, 4) is 5.75 Å². The van der Waals surface area contributed by atoms with Gasteiger partial charge in [-0.15, -0.1) is 0 Å². The lowest BCUT2D eigenvalue weighted by molar-refractivity contribution is -0.135. The van der Waals surface area contributed by atoms with Crippen molar-refractivity contribution in [1.29, 1.82) is 0 Å². The highest BCUT2D eigenvalue weighted by Crippen LogP contribution is 2.21. The molecule has 4 rings (SSSR count). The van der Waals surface area contributed by atoms with Crippen LogP contribution >= 0.6 is 11.6 Å². The average molecular weight is 398 g/mol. The number of likely N-dealkylation sites (tertiary alicyclic amines) is 1. The molecule has 1 aliphatic heterocycles. The zero-order chi connectivity index (χ0) is 19.5. The maximum atomic E-state index is 12.8. The van der Waals surface area contributed by atoms with E-state index >= 15 is 0 Å². The fourth-order valence-electron chi connectivity index (χ4n) is 3.52. The molecule has 0 radical (unpaired) electrons. The quantitative estimate of drug-likeness (QED) is 0.677. The lowest BCUT2D eigenvalue weighted by Crippen LogP contribution is -2.44. The zero-order valence-electron chi connectivity index (χ0n) is 15.3. The summed E-state index contributed by atoms with van der Waals surface area (Å²) in [5.41, 5.74) is 0.617. The average Bonchev–Trinajstić information content (AvgIpc) is 2.74. The van der Waals surface area contributed by atoms with E-state index in [4.69, 9.17) is 16.3 Å². The molecule has 6 nitrogen and oxygen atoms in total. The van der Waals surface area contributed by atoms with Crippen LogP contribution in [0.5, 0.6) is 5.75 Å². The third-order valence-electron chi connectivity index (χ3n) is 5.01. The number of benzene rings is 2. The van der Waals surface area contributed by atoms with Crippen LogP contribution in [0.2, 0.25) is 5.02 Å². The second-order valence-corrected chi connectivity index (χ2v) is 7.29. The molecular formula is C21H20ClN3O3. The molecule has 0 N–H and O–H groups in total. The molecule has 7 heteroatoms. The summed E-state index contributed by atoms with van der Waals surface area (Å²) >= 11 is 5.86. The third-order valence-corrected chi connectivity index (χ3v) is 5.26. The van der Waals surface area contributed by atoms with Crippen molar-refractivity contribution in [2.45, 2.75) is 18.9 Å². The van der Waals surface area contributed by atoms with Gasteiger partial charge in [0.2, 0.25) is 0 Å². The van der Waals surface area contributed by atoms with Gasteiger partial charge in [-0.3, -0.25) is 14.2 Å². The second-order valence-electron chi connectivity index (χ2n) is 6.85. The minimum Gasteiger partial charge on any atom is -0.484 e. The first-order valence-electron chi connectivity index (χ1n) is 9.24. The number of piperidine rings is 1. The van der Waals surface area contributed by atoms with Crippen LogP contribution in [0.15, 0.2) is 59.7 Å². The molecule has 1 fully saturated rings. The molecule has 2 heterocycles. The molecular weight excluding hydrogens is 378 g/mol. The number of halogens is 1. The molecule has 144 valence electrons. The van der Waals surface area contributed by atoms with Crippen molar-refractivity contribution >= 4 is 28.4 Å². The Morgan fingerprint density at radius 2 is 1.96 bits per heavy atom. The molecule has 28 heavy (non-hydrogen) atoms. The van der Waals surface area contributed by atoms with Crippen molar-refractivity contribution in [3.63, 3.8) is 0 Å². The summed E-state index contributed by atoms with van der Waals surface area (Å²) in [5, 5.41) is 1.21. The highest BCUT2D eigenvalue weighted by Gasteiger charge is 2.26. The van der Waals surface area contributed by atoms with Crippen LogP contribution in [0.3, 0.4) is 0 Å². The van der Waals surface area contributed by atoms with Gasteiger partial charge in [0.25, 0.3) is 11.5 Å². The van der Waals surface area contributed by atoms with Gasteiger partial charge in [0.1, 0.15) is 5.75 Å². The molecule has 0 aliphatic carbocycles. The molecule has 1 aromatic heterocycles. The maximum Gasteiger partial charge on any atom is 0.261 e. The zero-order valence-corrected chi connectivity index (χ0v) is 16.0. The van der Waals surface area contributed by atoms with Crippen LogP contribution in [-0.4, -0.2) is 40.1 Å². The minimum absolute atomic E-state index is 0.0424. The first kappa shape index (κ1) is 18.5. The third kappa shape index (κ3) is 3.87. The van der Waals surface area contributed by atoms with Crippen LogP contribution in [0.4, 0.5) is 0 Å². The first-order chi connectivity index (χ1) is 13.6. The van der Waals surface area contributed by atoms with Gasteiger partial charge >= 0.3 is 0 Å². The Kier molecular flexibility index (Phi) is 5.30. The molecule has 0 spiro atoms. The van der Waals surface area contributed by atoms with Crippen LogP contribution < -0.4 is 10.3 Å². The Morgan fingerprint density at radius 3 is 2.79 bits per heavy atom. The van der Waals surface area contributed by atoms with Gasteiger partial charge in [-0.25, -0.2) is 4.98 Å². The summed E-state index contributed by atoms with van der Waals surface area (Å²) in [6, 6.07) is 14.1. The minimum atomic E-state index is -0.0959. The van der Waals surface area contributed by atoms with Crippen LogP contribution in [0, 0.1) is 0 Å². The van der Waals surface area contributed by atoms with E-state index in [0.29, 0.717) is 34.8 Å². The summed E-state index contributed by atoms with van der Waals surface area (Å²) < 4.78 is 7.22. The standard InChI is InChI=1S/C21H20ClN3O3/c22-15-7-9-17(10-8-15)28-13-20(26)24-11-3-4-16(12-24)25-14-23-19-6-2-1-5-18(19)21(25)27/h1-2,5-10,14,16H,3-4,11-13H2. The molecule has 1 amide bonds. The Bertz CT molecular complexity index is 1050. The van der Waals surface area contributed by atoms with Crippen molar-refractivity contribution < 1.29 is 9.53 Å². The van der Waals surface area contributed by atoms with Crippen molar-refractivity contribution in [1.82, 2.24) is 14.5 Å². The maximum absolute atomic E-state index is 12.8. The Balaban J connectivity index is 1.45. The molecule has 2 aromatic carbocycles. The smallest absolute Gasteiger partial charge is 0.261 e. The Hall–Kier alpha value is -2.86. The van der Waals surface area contributed by atoms with Crippen LogP contribution in [0.25, 0.3) is 10.9 Å². The molecule has 1 unspecified atom stereocenters. The number of para-hydroxylation sites is 1. The lowest BCUT2D eigenvalue weighted by atomic mass is 10.1. The summed E-state index contributed by atoms with van der Waals surface area (Å²) in [5.74, 6) is 0.503. The number of nitrogens with zero attached hydrogens (tertiary/aromatic N) is 3. The summed E-state index contributed by atoms with van der Waals surface area (Å²) in [6.07, 6.45) is 3.26. The molecule has 1 aliphatic rings. The summed E-state index contributed by atoms with van der Waals surface area (Å²) in [4.78, 5) is 31.6. The number of aromatic nitrogens is 2. The van der Waals surface area contributed by atoms with E-state index in [1.165, 1.54) is 0 Å². The fourth-order valence-corrected chi connectivity index (χ4v) is 3.64. The number of hydrogen-bond donors (Lipinski definition) is 0. The van der Waals surface area contributed by atoms with Gasteiger partial charge in [0.05, 0.1) is 23.3 Å².